The summed E-state index contributed by atoms with van der Waals surface area (Å²) in [6, 6.07) is 6.20. The van der Waals surface area contributed by atoms with E-state index in [2.05, 4.69) is 9.71 Å². The quantitative estimate of drug-likeness (QED) is 0.902. The molecule has 1 aromatic carbocycles. The summed E-state index contributed by atoms with van der Waals surface area (Å²) in [6.45, 7) is 1.55. The van der Waals surface area contributed by atoms with E-state index < -0.39 is 15.8 Å². The number of aryl methyl sites for hydroxylation is 1. The molecule has 5 nitrogen and oxygen atoms in total. The Labute approximate surface area is 109 Å². The van der Waals surface area contributed by atoms with Gasteiger partial charge in [-0.05, 0) is 36.8 Å². The molecule has 0 spiro atoms. The van der Waals surface area contributed by atoms with Crippen molar-refractivity contribution >= 4 is 15.8 Å². The van der Waals surface area contributed by atoms with Gasteiger partial charge in [0.25, 0.3) is 10.0 Å². The lowest BCUT2D eigenvalue weighted by Crippen LogP contribution is -2.15. The number of benzene rings is 1. The average Bonchev–Trinajstić information content (AvgIpc) is 2.35. The first-order valence-electron chi connectivity index (χ1n) is 5.33. The van der Waals surface area contributed by atoms with Crippen LogP contribution >= 0.6 is 0 Å². The highest BCUT2D eigenvalue weighted by Gasteiger charge is 2.19. The van der Waals surface area contributed by atoms with Gasteiger partial charge < -0.3 is 5.11 Å². The second-order valence-electron chi connectivity index (χ2n) is 3.89. The number of nitrogens with one attached hydrogen (secondary N) is 1. The van der Waals surface area contributed by atoms with Gasteiger partial charge >= 0.3 is 0 Å². The number of aromatic nitrogens is 1. The zero-order valence-electron chi connectivity index (χ0n) is 9.96. The lowest BCUT2D eigenvalue weighted by molar-refractivity contribution is 0.475. The number of nitrogens with zero attached hydrogens (tertiary/aromatic N) is 1. The van der Waals surface area contributed by atoms with Gasteiger partial charge in [-0.3, -0.25) is 4.72 Å². The van der Waals surface area contributed by atoms with Crippen LogP contribution in [0.5, 0.6) is 5.75 Å². The molecule has 1 aromatic heterocycles. The lowest BCUT2D eigenvalue weighted by atomic mass is 10.2. The Morgan fingerprint density at radius 3 is 2.74 bits per heavy atom. The van der Waals surface area contributed by atoms with Crippen LogP contribution in [-0.2, 0) is 10.0 Å². The van der Waals surface area contributed by atoms with Crippen molar-refractivity contribution in [3.8, 4) is 5.75 Å². The van der Waals surface area contributed by atoms with E-state index in [1.165, 1.54) is 30.5 Å². The topological polar surface area (TPSA) is 79.3 Å². The highest BCUT2D eigenvalue weighted by Crippen LogP contribution is 2.24. The standard InChI is InChI=1S/C12H11FN2O3S/c1-8-4-5-9(13)7-11(8)19(17,18)15-12-10(16)3-2-6-14-12/h2-7,16H,1H3,(H,14,15). The van der Waals surface area contributed by atoms with Crippen LogP contribution in [0.2, 0.25) is 0 Å². The number of pyridine rings is 1. The van der Waals surface area contributed by atoms with Crippen LogP contribution in [0.4, 0.5) is 10.2 Å². The van der Waals surface area contributed by atoms with Gasteiger partial charge in [-0.15, -0.1) is 0 Å². The van der Waals surface area contributed by atoms with Crippen molar-refractivity contribution in [2.24, 2.45) is 0 Å². The van der Waals surface area contributed by atoms with Crippen molar-refractivity contribution in [1.29, 1.82) is 0 Å². The van der Waals surface area contributed by atoms with Gasteiger partial charge in [-0.2, -0.15) is 0 Å². The molecule has 0 aliphatic carbocycles. The maximum absolute atomic E-state index is 13.1. The third-order valence-corrected chi connectivity index (χ3v) is 3.94. The molecule has 0 aliphatic rings. The molecule has 0 amide bonds. The number of hydrogen-bond donors (Lipinski definition) is 2. The number of hydrogen-bond acceptors (Lipinski definition) is 4. The predicted molar refractivity (Wildman–Crippen MR) is 67.8 cm³/mol. The van der Waals surface area contributed by atoms with Gasteiger partial charge in [-0.25, -0.2) is 17.8 Å². The van der Waals surface area contributed by atoms with Gasteiger partial charge in [0, 0.05) is 6.20 Å². The molecule has 2 N–H and O–H groups in total. The van der Waals surface area contributed by atoms with Crippen molar-refractivity contribution < 1.29 is 17.9 Å². The normalized spacial score (nSPS) is 11.3. The van der Waals surface area contributed by atoms with Crippen molar-refractivity contribution in [3.63, 3.8) is 0 Å². The van der Waals surface area contributed by atoms with Crippen molar-refractivity contribution in [2.75, 3.05) is 4.72 Å². The fraction of sp³-hybridized carbons (Fsp3) is 0.0833. The molecular formula is C12H11FN2O3S. The van der Waals surface area contributed by atoms with E-state index in [9.17, 15) is 17.9 Å². The van der Waals surface area contributed by atoms with E-state index in [0.29, 0.717) is 5.56 Å². The molecule has 0 radical (unpaired) electrons. The first-order chi connectivity index (χ1) is 8.90. The van der Waals surface area contributed by atoms with Crippen molar-refractivity contribution in [1.82, 2.24) is 4.98 Å². The van der Waals surface area contributed by atoms with E-state index in [0.717, 1.165) is 6.07 Å². The zero-order chi connectivity index (χ0) is 14.0. The highest BCUT2D eigenvalue weighted by atomic mass is 32.2. The average molecular weight is 282 g/mol. The maximum Gasteiger partial charge on any atom is 0.263 e. The van der Waals surface area contributed by atoms with E-state index in [1.54, 1.807) is 6.92 Å². The summed E-state index contributed by atoms with van der Waals surface area (Å²) < 4.78 is 39.4. The lowest BCUT2D eigenvalue weighted by Gasteiger charge is -2.10. The van der Waals surface area contributed by atoms with Crippen LogP contribution in [0, 0.1) is 12.7 Å². The second kappa shape index (κ2) is 4.85. The molecule has 0 aliphatic heterocycles. The molecule has 0 unspecified atom stereocenters. The summed E-state index contributed by atoms with van der Waals surface area (Å²) in [4.78, 5) is 3.51. The summed E-state index contributed by atoms with van der Waals surface area (Å²) in [5.41, 5.74) is 0.393. The number of sulfonamides is 1. The van der Waals surface area contributed by atoms with Gasteiger partial charge in [0.05, 0.1) is 4.90 Å². The van der Waals surface area contributed by atoms with Gasteiger partial charge in [-0.1, -0.05) is 6.07 Å². The molecule has 2 aromatic rings. The van der Waals surface area contributed by atoms with Crippen LogP contribution in [0.1, 0.15) is 5.56 Å². The van der Waals surface area contributed by atoms with E-state index in [-0.39, 0.29) is 16.5 Å². The summed E-state index contributed by atoms with van der Waals surface area (Å²) in [5, 5.41) is 9.48. The summed E-state index contributed by atoms with van der Waals surface area (Å²) in [5.74, 6) is -1.16. The number of aromatic hydroxyl groups is 1. The smallest absolute Gasteiger partial charge is 0.263 e. The van der Waals surface area contributed by atoms with Crippen LogP contribution in [0.3, 0.4) is 0 Å². The Hall–Kier alpha value is -2.15. The molecule has 0 bridgehead atoms. The van der Waals surface area contributed by atoms with E-state index in [4.69, 9.17) is 0 Å². The third-order valence-electron chi connectivity index (χ3n) is 2.46. The minimum absolute atomic E-state index is 0.197. The highest BCUT2D eigenvalue weighted by molar-refractivity contribution is 7.92. The molecule has 0 saturated heterocycles. The van der Waals surface area contributed by atoms with Crippen LogP contribution in [-0.4, -0.2) is 18.5 Å². The van der Waals surface area contributed by atoms with E-state index in [1.807, 2.05) is 0 Å². The predicted octanol–water partition coefficient (Wildman–Crippen LogP) is 2.04. The Bertz CT molecular complexity index is 717. The molecule has 0 saturated carbocycles. The van der Waals surface area contributed by atoms with E-state index >= 15 is 0 Å². The molecule has 0 fully saturated rings. The van der Waals surface area contributed by atoms with Crippen LogP contribution in [0.25, 0.3) is 0 Å². The van der Waals surface area contributed by atoms with Crippen LogP contribution in [0.15, 0.2) is 41.4 Å². The molecule has 0 atom stereocenters. The van der Waals surface area contributed by atoms with Gasteiger partial charge in [0.15, 0.2) is 11.6 Å². The summed E-state index contributed by atoms with van der Waals surface area (Å²) in [6.07, 6.45) is 1.33. The first kappa shape index (κ1) is 13.3. The molecule has 1 heterocycles. The van der Waals surface area contributed by atoms with Gasteiger partial charge in [0.1, 0.15) is 5.82 Å². The Balaban J connectivity index is 2.44. The number of halogens is 1. The van der Waals surface area contributed by atoms with Crippen molar-refractivity contribution in [3.05, 3.63) is 47.9 Å². The number of anilines is 1. The van der Waals surface area contributed by atoms with Gasteiger partial charge in [0.2, 0.25) is 0 Å². The van der Waals surface area contributed by atoms with Crippen molar-refractivity contribution in [2.45, 2.75) is 11.8 Å². The minimum Gasteiger partial charge on any atom is -0.504 e. The monoisotopic (exact) mass is 282 g/mol. The molecular weight excluding hydrogens is 271 g/mol. The second-order valence-corrected chi connectivity index (χ2v) is 5.54. The molecule has 100 valence electrons. The fourth-order valence-electron chi connectivity index (χ4n) is 1.52. The summed E-state index contributed by atoms with van der Waals surface area (Å²) in [7, 11) is -4.00. The zero-order valence-corrected chi connectivity index (χ0v) is 10.8. The minimum atomic E-state index is -4.00. The molecule has 7 heteroatoms. The Morgan fingerprint density at radius 2 is 2.05 bits per heavy atom. The first-order valence-corrected chi connectivity index (χ1v) is 6.81. The molecule has 2 rings (SSSR count). The number of rotatable bonds is 3. The Kier molecular flexibility index (Phi) is 3.39. The summed E-state index contributed by atoms with van der Waals surface area (Å²) >= 11 is 0. The van der Waals surface area contributed by atoms with Crippen LogP contribution < -0.4 is 4.72 Å². The Morgan fingerprint density at radius 1 is 1.32 bits per heavy atom. The maximum atomic E-state index is 13.1. The largest absolute Gasteiger partial charge is 0.504 e. The molecule has 19 heavy (non-hydrogen) atoms. The fourth-order valence-corrected chi connectivity index (χ4v) is 2.80. The SMILES string of the molecule is Cc1ccc(F)cc1S(=O)(=O)Nc1ncccc1O. The third kappa shape index (κ3) is 2.82.